The van der Waals surface area contributed by atoms with Gasteiger partial charge in [-0.3, -0.25) is 0 Å². The van der Waals surface area contributed by atoms with Gasteiger partial charge >= 0.3 is 0 Å². The maximum Gasteiger partial charge on any atom is 0.224 e. The number of nitrogens with two attached hydrogens (primary N) is 1. The second-order valence-corrected chi connectivity index (χ2v) is 4.00. The minimum absolute atomic E-state index is 0.171. The second kappa shape index (κ2) is 4.71. The second-order valence-electron chi connectivity index (χ2n) is 3.66. The molecule has 0 aliphatic rings. The predicted octanol–water partition coefficient (Wildman–Crippen LogP) is 2.02. The van der Waals surface area contributed by atoms with E-state index < -0.39 is 0 Å². The van der Waals surface area contributed by atoms with Crippen molar-refractivity contribution in [2.75, 3.05) is 5.73 Å². The highest BCUT2D eigenvalue weighted by molar-refractivity contribution is 6.28. The van der Waals surface area contributed by atoms with Crippen LogP contribution in [0.4, 0.5) is 5.69 Å². The maximum absolute atomic E-state index is 5.85. The molecule has 0 aliphatic carbocycles. The molecule has 0 aliphatic heterocycles. The minimum Gasteiger partial charge on any atom is -0.394 e. The van der Waals surface area contributed by atoms with Gasteiger partial charge in [0.2, 0.25) is 5.28 Å². The molecule has 0 bridgehead atoms. The van der Waals surface area contributed by atoms with Crippen molar-refractivity contribution >= 4 is 17.3 Å². The van der Waals surface area contributed by atoms with Crippen molar-refractivity contribution < 1.29 is 0 Å². The van der Waals surface area contributed by atoms with E-state index >= 15 is 0 Å². The van der Waals surface area contributed by atoms with E-state index in [1.165, 1.54) is 6.20 Å². The first-order valence-electron chi connectivity index (χ1n) is 5.51. The predicted molar refractivity (Wildman–Crippen MR) is 67.3 cm³/mol. The quantitative estimate of drug-likeness (QED) is 0.848. The molecule has 2 rings (SSSR count). The van der Waals surface area contributed by atoms with Gasteiger partial charge in [-0.05, 0) is 30.5 Å². The van der Waals surface area contributed by atoms with Gasteiger partial charge in [0.15, 0.2) is 5.82 Å². The van der Waals surface area contributed by atoms with Crippen LogP contribution in [0.3, 0.4) is 0 Å². The zero-order valence-electron chi connectivity index (χ0n) is 9.81. The number of nitrogen functional groups attached to an aromatic ring is 1. The fourth-order valence-corrected chi connectivity index (χ4v) is 1.74. The lowest BCUT2D eigenvalue weighted by molar-refractivity contribution is 0.771. The van der Waals surface area contributed by atoms with Gasteiger partial charge in [-0.2, -0.15) is 10.1 Å². The van der Waals surface area contributed by atoms with Crippen molar-refractivity contribution in [2.45, 2.75) is 26.7 Å². The van der Waals surface area contributed by atoms with Gasteiger partial charge in [0.25, 0.3) is 0 Å². The fraction of sp³-hybridized carbons (Fsp3) is 0.364. The van der Waals surface area contributed by atoms with Crippen LogP contribution in [0.2, 0.25) is 5.28 Å². The summed E-state index contributed by atoms with van der Waals surface area (Å²) in [6, 6.07) is 2.05. The third-order valence-electron chi connectivity index (χ3n) is 2.53. The van der Waals surface area contributed by atoms with E-state index in [-0.39, 0.29) is 5.28 Å². The lowest BCUT2D eigenvalue weighted by atomic mass is 10.2. The molecule has 2 aromatic heterocycles. The molecule has 0 spiro atoms. The number of aromatic nitrogens is 4. The summed E-state index contributed by atoms with van der Waals surface area (Å²) >= 11 is 5.78. The number of rotatable bonds is 3. The Morgan fingerprint density at radius 3 is 2.76 bits per heavy atom. The van der Waals surface area contributed by atoms with Crippen molar-refractivity contribution in [2.24, 2.45) is 0 Å². The van der Waals surface area contributed by atoms with Crippen molar-refractivity contribution in [3.8, 4) is 5.82 Å². The first kappa shape index (κ1) is 11.9. The summed E-state index contributed by atoms with van der Waals surface area (Å²) in [6.07, 6.45) is 3.23. The molecule has 6 heteroatoms. The highest BCUT2D eigenvalue weighted by Crippen LogP contribution is 2.18. The van der Waals surface area contributed by atoms with Crippen LogP contribution in [0.15, 0.2) is 12.3 Å². The van der Waals surface area contributed by atoms with Crippen LogP contribution in [0.5, 0.6) is 0 Å². The zero-order valence-corrected chi connectivity index (χ0v) is 10.6. The molecule has 0 amide bonds. The third kappa shape index (κ3) is 2.24. The number of halogens is 1. The van der Waals surface area contributed by atoms with Gasteiger partial charge < -0.3 is 5.73 Å². The Morgan fingerprint density at radius 1 is 1.35 bits per heavy atom. The lowest BCUT2D eigenvalue weighted by Gasteiger charge is -2.07. The molecule has 17 heavy (non-hydrogen) atoms. The summed E-state index contributed by atoms with van der Waals surface area (Å²) < 4.78 is 1.74. The molecule has 2 aromatic rings. The summed E-state index contributed by atoms with van der Waals surface area (Å²) in [5.74, 6) is 0.543. The van der Waals surface area contributed by atoms with Gasteiger partial charge in [-0.25, -0.2) is 9.67 Å². The van der Waals surface area contributed by atoms with Crippen LogP contribution in [0, 0.1) is 0 Å². The van der Waals surface area contributed by atoms with Crippen molar-refractivity contribution in [1.82, 2.24) is 19.7 Å². The number of hydrogen-bond donors (Lipinski definition) is 1. The van der Waals surface area contributed by atoms with Crippen molar-refractivity contribution in [3.05, 3.63) is 28.9 Å². The summed E-state index contributed by atoms with van der Waals surface area (Å²) in [6.45, 7) is 4.12. The van der Waals surface area contributed by atoms with Crippen LogP contribution in [-0.4, -0.2) is 19.7 Å². The van der Waals surface area contributed by atoms with Crippen LogP contribution in [0.25, 0.3) is 5.82 Å². The first-order chi connectivity index (χ1) is 8.15. The third-order valence-corrected chi connectivity index (χ3v) is 2.71. The molecular weight excluding hydrogens is 238 g/mol. The van der Waals surface area contributed by atoms with E-state index in [9.17, 15) is 0 Å². The molecule has 0 atom stereocenters. The van der Waals surface area contributed by atoms with E-state index in [1.54, 1.807) is 4.68 Å². The Kier molecular flexibility index (Phi) is 3.28. The van der Waals surface area contributed by atoms with Crippen LogP contribution in [0.1, 0.15) is 25.2 Å². The van der Waals surface area contributed by atoms with Gasteiger partial charge in [0.05, 0.1) is 17.6 Å². The normalized spacial score (nSPS) is 10.8. The summed E-state index contributed by atoms with van der Waals surface area (Å²) in [5, 5.41) is 4.63. The molecule has 0 aromatic carbocycles. The summed E-state index contributed by atoms with van der Waals surface area (Å²) in [5.41, 5.74) is 8.39. The Morgan fingerprint density at radius 2 is 2.12 bits per heavy atom. The average molecular weight is 252 g/mol. The van der Waals surface area contributed by atoms with Gasteiger partial charge in [0.1, 0.15) is 0 Å². The number of aryl methyl sites for hydroxylation is 2. The Bertz CT molecular complexity index is 535. The molecule has 90 valence electrons. The van der Waals surface area contributed by atoms with Gasteiger partial charge in [0, 0.05) is 5.69 Å². The Labute approximate surface area is 105 Å². The van der Waals surface area contributed by atoms with Crippen LogP contribution < -0.4 is 5.73 Å². The van der Waals surface area contributed by atoms with Crippen LogP contribution in [-0.2, 0) is 12.8 Å². The van der Waals surface area contributed by atoms with Crippen molar-refractivity contribution in [3.63, 3.8) is 0 Å². The van der Waals surface area contributed by atoms with Crippen molar-refractivity contribution in [1.29, 1.82) is 0 Å². The highest BCUT2D eigenvalue weighted by Gasteiger charge is 2.12. The fourth-order valence-electron chi connectivity index (χ4n) is 1.61. The number of anilines is 1. The number of nitrogens with zero attached hydrogens (tertiary/aromatic N) is 4. The molecule has 0 saturated carbocycles. The smallest absolute Gasteiger partial charge is 0.224 e. The van der Waals surface area contributed by atoms with E-state index in [2.05, 4.69) is 35.0 Å². The summed E-state index contributed by atoms with van der Waals surface area (Å²) in [7, 11) is 0. The monoisotopic (exact) mass is 251 g/mol. The van der Waals surface area contributed by atoms with E-state index in [0.717, 1.165) is 24.2 Å². The highest BCUT2D eigenvalue weighted by atomic mass is 35.5. The molecule has 2 heterocycles. The molecule has 0 unspecified atom stereocenters. The van der Waals surface area contributed by atoms with E-state index in [4.69, 9.17) is 17.3 Å². The molecule has 0 radical (unpaired) electrons. The molecule has 5 nitrogen and oxygen atoms in total. The largest absolute Gasteiger partial charge is 0.394 e. The van der Waals surface area contributed by atoms with Gasteiger partial charge in [-0.15, -0.1) is 0 Å². The van der Waals surface area contributed by atoms with Gasteiger partial charge in [-0.1, -0.05) is 13.8 Å². The minimum atomic E-state index is 0.171. The standard InChI is InChI=1S/C11H14ClN5/c1-3-7-5-8(4-2)17(16-7)10-9(13)6-14-11(12)15-10/h5-6H,3-4,13H2,1-2H3. The zero-order chi connectivity index (χ0) is 12.4. The van der Waals surface area contributed by atoms with E-state index in [1.807, 2.05) is 0 Å². The molecule has 0 fully saturated rings. The lowest BCUT2D eigenvalue weighted by Crippen LogP contribution is -2.08. The first-order valence-corrected chi connectivity index (χ1v) is 5.89. The SMILES string of the molecule is CCc1cc(CC)n(-c2nc(Cl)ncc2N)n1. The molecule has 2 N–H and O–H groups in total. The van der Waals surface area contributed by atoms with E-state index in [0.29, 0.717) is 11.5 Å². The molecule has 0 saturated heterocycles. The van der Waals surface area contributed by atoms with Crippen LogP contribution >= 0.6 is 11.6 Å². The summed E-state index contributed by atoms with van der Waals surface area (Å²) in [4.78, 5) is 7.96. The average Bonchev–Trinajstić information content (AvgIpc) is 2.75. The maximum atomic E-state index is 5.85. The topological polar surface area (TPSA) is 69.6 Å². The Hall–Kier alpha value is -1.62. The Balaban J connectivity index is 2.58. The number of hydrogen-bond acceptors (Lipinski definition) is 4. The molecular formula is C11H14ClN5.